The highest BCUT2D eigenvalue weighted by molar-refractivity contribution is 9.10. The van der Waals surface area contributed by atoms with Crippen LogP contribution in [0.2, 0.25) is 5.02 Å². The van der Waals surface area contributed by atoms with Crippen LogP contribution >= 0.6 is 39.3 Å². The Hall–Kier alpha value is -1.70. The van der Waals surface area contributed by atoms with E-state index in [0.29, 0.717) is 15.9 Å². The molecule has 0 saturated carbocycles. The van der Waals surface area contributed by atoms with Crippen LogP contribution in [0.3, 0.4) is 0 Å². The highest BCUT2D eigenvalue weighted by Gasteiger charge is 2.23. The van der Waals surface area contributed by atoms with Crippen LogP contribution in [0.25, 0.3) is 6.08 Å². The van der Waals surface area contributed by atoms with Gasteiger partial charge < -0.3 is 9.73 Å². The SMILES string of the molecule is O=C1NC(=O)/C(=C\c2cc(Br)c(Sc3ccc(Cl)cc3)o2)N1. The maximum absolute atomic E-state index is 11.5. The number of nitrogens with one attached hydrogen (secondary N) is 2. The molecule has 22 heavy (non-hydrogen) atoms. The normalized spacial score (nSPS) is 16.0. The average molecular weight is 400 g/mol. The number of furan rings is 1. The van der Waals surface area contributed by atoms with Crippen molar-refractivity contribution in [3.8, 4) is 0 Å². The number of amides is 3. The molecule has 3 rings (SSSR count). The number of carbonyl (C=O) groups excluding carboxylic acids is 2. The molecule has 0 radical (unpaired) electrons. The summed E-state index contributed by atoms with van der Waals surface area (Å²) in [6.45, 7) is 0. The van der Waals surface area contributed by atoms with Gasteiger partial charge in [0.1, 0.15) is 11.5 Å². The molecule has 2 N–H and O–H groups in total. The topological polar surface area (TPSA) is 71.3 Å². The van der Waals surface area contributed by atoms with E-state index in [9.17, 15) is 9.59 Å². The summed E-state index contributed by atoms with van der Waals surface area (Å²) in [5.41, 5.74) is 0.147. The van der Waals surface area contributed by atoms with Gasteiger partial charge in [-0.15, -0.1) is 0 Å². The molecule has 2 aromatic rings. The van der Waals surface area contributed by atoms with Gasteiger partial charge in [0.15, 0.2) is 5.09 Å². The first-order chi connectivity index (χ1) is 10.5. The van der Waals surface area contributed by atoms with Gasteiger partial charge in [0.2, 0.25) is 0 Å². The predicted octanol–water partition coefficient (Wildman–Crippen LogP) is 4.03. The molecule has 1 fully saturated rings. The fourth-order valence-corrected chi connectivity index (χ4v) is 3.20. The molecule has 1 aliphatic rings. The maximum Gasteiger partial charge on any atom is 0.326 e. The standard InChI is InChI=1S/C14H8BrClN2O3S/c15-10-5-8(6-11-12(19)18-14(20)17-11)21-13(10)22-9-3-1-7(16)2-4-9/h1-6H,(H2,17,18,19,20)/b11-6+. The van der Waals surface area contributed by atoms with E-state index < -0.39 is 11.9 Å². The molecule has 5 nitrogen and oxygen atoms in total. The number of halogens is 2. The first-order valence-corrected chi connectivity index (χ1v) is 8.07. The van der Waals surface area contributed by atoms with Gasteiger partial charge in [-0.1, -0.05) is 23.4 Å². The highest BCUT2D eigenvalue weighted by atomic mass is 79.9. The maximum atomic E-state index is 11.5. The summed E-state index contributed by atoms with van der Waals surface area (Å²) in [5, 5.41) is 5.83. The molecule has 1 aromatic heterocycles. The molecule has 0 unspecified atom stereocenters. The van der Waals surface area contributed by atoms with E-state index in [2.05, 4.69) is 26.6 Å². The smallest absolute Gasteiger partial charge is 0.326 e. The van der Waals surface area contributed by atoms with Crippen molar-refractivity contribution in [2.24, 2.45) is 0 Å². The Morgan fingerprint density at radius 2 is 1.91 bits per heavy atom. The second kappa shape index (κ2) is 6.20. The molecular weight excluding hydrogens is 392 g/mol. The lowest BCUT2D eigenvalue weighted by Gasteiger charge is -1.98. The first kappa shape index (κ1) is 15.2. The molecule has 1 aliphatic heterocycles. The summed E-state index contributed by atoms with van der Waals surface area (Å²) in [7, 11) is 0. The van der Waals surface area contributed by atoms with E-state index in [-0.39, 0.29) is 5.70 Å². The Kier molecular flexibility index (Phi) is 4.28. The van der Waals surface area contributed by atoms with E-state index in [0.717, 1.165) is 9.37 Å². The van der Waals surface area contributed by atoms with E-state index in [4.69, 9.17) is 16.0 Å². The van der Waals surface area contributed by atoms with Crippen LogP contribution in [-0.2, 0) is 4.79 Å². The molecule has 112 valence electrons. The summed E-state index contributed by atoms with van der Waals surface area (Å²) < 4.78 is 6.42. The van der Waals surface area contributed by atoms with E-state index in [1.165, 1.54) is 17.8 Å². The third-order valence-corrected chi connectivity index (χ3v) is 4.81. The fourth-order valence-electron chi connectivity index (χ4n) is 1.74. The van der Waals surface area contributed by atoms with Crippen molar-refractivity contribution in [1.29, 1.82) is 0 Å². The Morgan fingerprint density at radius 1 is 1.18 bits per heavy atom. The molecule has 1 aromatic carbocycles. The van der Waals surface area contributed by atoms with Crippen molar-refractivity contribution >= 4 is 57.3 Å². The molecule has 0 atom stereocenters. The minimum Gasteiger partial charge on any atom is -0.449 e. The van der Waals surface area contributed by atoms with Crippen LogP contribution in [0.4, 0.5) is 4.79 Å². The summed E-state index contributed by atoms with van der Waals surface area (Å²) >= 11 is 10.7. The van der Waals surface area contributed by atoms with Crippen LogP contribution in [-0.4, -0.2) is 11.9 Å². The van der Waals surface area contributed by atoms with Crippen molar-refractivity contribution in [3.05, 3.63) is 51.3 Å². The summed E-state index contributed by atoms with van der Waals surface area (Å²) in [6, 6.07) is 8.53. The minimum absolute atomic E-state index is 0.147. The summed E-state index contributed by atoms with van der Waals surface area (Å²) in [4.78, 5) is 23.5. The zero-order chi connectivity index (χ0) is 15.7. The molecular formula is C14H8BrClN2O3S. The van der Waals surface area contributed by atoms with Crippen molar-refractivity contribution < 1.29 is 14.0 Å². The Bertz CT molecular complexity index is 786. The second-order valence-corrected chi connectivity index (χ2v) is 6.64. The number of benzene rings is 1. The quantitative estimate of drug-likeness (QED) is 0.604. The van der Waals surface area contributed by atoms with Crippen molar-refractivity contribution in [2.45, 2.75) is 9.99 Å². The van der Waals surface area contributed by atoms with Gasteiger partial charge in [-0.25, -0.2) is 4.79 Å². The van der Waals surface area contributed by atoms with Crippen LogP contribution < -0.4 is 10.6 Å². The predicted molar refractivity (Wildman–Crippen MR) is 86.6 cm³/mol. The molecule has 0 bridgehead atoms. The third kappa shape index (κ3) is 3.37. The number of carbonyl (C=O) groups is 2. The number of imide groups is 1. The zero-order valence-electron chi connectivity index (χ0n) is 10.9. The molecule has 8 heteroatoms. The lowest BCUT2D eigenvalue weighted by atomic mass is 10.3. The largest absolute Gasteiger partial charge is 0.449 e. The Morgan fingerprint density at radius 3 is 2.55 bits per heavy atom. The van der Waals surface area contributed by atoms with Crippen molar-refractivity contribution in [1.82, 2.24) is 10.6 Å². The van der Waals surface area contributed by atoms with Gasteiger partial charge in [0.25, 0.3) is 5.91 Å². The molecule has 2 heterocycles. The molecule has 3 amide bonds. The van der Waals surface area contributed by atoms with Crippen LogP contribution in [0.15, 0.2) is 54.9 Å². The summed E-state index contributed by atoms with van der Waals surface area (Å²) in [5.74, 6) is -0.0277. The third-order valence-electron chi connectivity index (χ3n) is 2.71. The zero-order valence-corrected chi connectivity index (χ0v) is 14.0. The number of urea groups is 1. The monoisotopic (exact) mass is 398 g/mol. The Balaban J connectivity index is 1.82. The first-order valence-electron chi connectivity index (χ1n) is 6.08. The van der Waals surface area contributed by atoms with Crippen molar-refractivity contribution in [2.75, 3.05) is 0 Å². The van der Waals surface area contributed by atoms with Crippen LogP contribution in [0, 0.1) is 0 Å². The average Bonchev–Trinajstić information content (AvgIpc) is 2.96. The fraction of sp³-hybridized carbons (Fsp3) is 0. The van der Waals surface area contributed by atoms with Gasteiger partial charge in [0, 0.05) is 16.0 Å². The second-order valence-electron chi connectivity index (χ2n) is 4.31. The number of hydrogen-bond acceptors (Lipinski definition) is 4. The van der Waals surface area contributed by atoms with Gasteiger partial charge in [-0.3, -0.25) is 10.1 Å². The number of rotatable bonds is 3. The lowest BCUT2D eigenvalue weighted by molar-refractivity contribution is -0.115. The van der Waals surface area contributed by atoms with E-state index in [1.807, 2.05) is 12.1 Å². The van der Waals surface area contributed by atoms with Crippen LogP contribution in [0.5, 0.6) is 0 Å². The Labute approximate surface area is 143 Å². The van der Waals surface area contributed by atoms with Crippen molar-refractivity contribution in [3.63, 3.8) is 0 Å². The van der Waals surface area contributed by atoms with Gasteiger partial charge in [-0.2, -0.15) is 0 Å². The van der Waals surface area contributed by atoms with E-state index in [1.54, 1.807) is 18.2 Å². The molecule has 0 aliphatic carbocycles. The van der Waals surface area contributed by atoms with Crippen LogP contribution in [0.1, 0.15) is 5.76 Å². The van der Waals surface area contributed by atoms with E-state index >= 15 is 0 Å². The highest BCUT2D eigenvalue weighted by Crippen LogP contribution is 2.36. The van der Waals surface area contributed by atoms with Gasteiger partial charge in [0.05, 0.1) is 4.47 Å². The van der Waals surface area contributed by atoms with Gasteiger partial charge >= 0.3 is 6.03 Å². The lowest BCUT2D eigenvalue weighted by Crippen LogP contribution is -2.22. The molecule has 1 saturated heterocycles. The summed E-state index contributed by atoms with van der Waals surface area (Å²) in [6.07, 6.45) is 1.47. The van der Waals surface area contributed by atoms with Gasteiger partial charge in [-0.05, 0) is 46.3 Å². The number of hydrogen-bond donors (Lipinski definition) is 2. The molecule has 0 spiro atoms. The minimum atomic E-state index is -0.544.